The van der Waals surface area contributed by atoms with E-state index in [0.717, 1.165) is 0 Å². The van der Waals surface area contributed by atoms with Crippen LogP contribution in [-0.4, -0.2) is 33.8 Å². The van der Waals surface area contributed by atoms with Crippen molar-refractivity contribution in [2.45, 2.75) is 20.8 Å². The van der Waals surface area contributed by atoms with Gasteiger partial charge in [0.1, 0.15) is 5.75 Å². The van der Waals surface area contributed by atoms with Crippen molar-refractivity contribution in [2.75, 3.05) is 19.8 Å². The van der Waals surface area contributed by atoms with Gasteiger partial charge in [-0.3, -0.25) is 10.1 Å². The second-order valence-electron chi connectivity index (χ2n) is 3.65. The molecule has 7 nitrogen and oxygen atoms in total. The Morgan fingerprint density at radius 1 is 1.00 bits per heavy atom. The van der Waals surface area contributed by atoms with Crippen LogP contribution in [0.1, 0.15) is 20.8 Å². The lowest BCUT2D eigenvalue weighted by atomic mass is 10.3. The molecule has 0 heterocycles. The third-order valence-corrected chi connectivity index (χ3v) is 4.67. The highest BCUT2D eigenvalue weighted by molar-refractivity contribution is 6.54. The lowest BCUT2D eigenvalue weighted by Gasteiger charge is -2.26. The van der Waals surface area contributed by atoms with E-state index in [-0.39, 0.29) is 5.69 Å². The van der Waals surface area contributed by atoms with Crippen molar-refractivity contribution in [1.82, 2.24) is 0 Å². The summed E-state index contributed by atoms with van der Waals surface area (Å²) >= 11 is 0. The van der Waals surface area contributed by atoms with Gasteiger partial charge in [0.25, 0.3) is 5.69 Å². The van der Waals surface area contributed by atoms with E-state index in [9.17, 15) is 10.1 Å². The van der Waals surface area contributed by atoms with Crippen molar-refractivity contribution in [2.24, 2.45) is 0 Å². The smallest absolute Gasteiger partial charge is 0.480 e. The predicted molar refractivity (Wildman–Crippen MR) is 74.4 cm³/mol. The quantitative estimate of drug-likeness (QED) is 0.396. The monoisotopic (exact) mass is 301 g/mol. The van der Waals surface area contributed by atoms with Crippen LogP contribution in [0.4, 0.5) is 5.69 Å². The number of nitrogens with zero attached hydrogens (tertiary/aromatic N) is 1. The van der Waals surface area contributed by atoms with Gasteiger partial charge < -0.3 is 17.7 Å². The van der Waals surface area contributed by atoms with Crippen LogP contribution in [0.15, 0.2) is 24.3 Å². The Balaban J connectivity index is 2.89. The van der Waals surface area contributed by atoms with E-state index in [1.165, 1.54) is 24.3 Å². The molecule has 0 atom stereocenters. The number of hydrogen-bond donors (Lipinski definition) is 0. The van der Waals surface area contributed by atoms with Crippen molar-refractivity contribution >= 4 is 14.7 Å². The molecular formula is C12H19NO6Si. The van der Waals surface area contributed by atoms with Gasteiger partial charge in [-0.1, -0.05) is 0 Å². The van der Waals surface area contributed by atoms with Crippen molar-refractivity contribution < 1.29 is 22.6 Å². The zero-order valence-corrected chi connectivity index (χ0v) is 12.8. The molecule has 112 valence electrons. The zero-order valence-electron chi connectivity index (χ0n) is 11.8. The highest BCUT2D eigenvalue weighted by Gasteiger charge is 2.47. The number of rotatable bonds is 9. The van der Waals surface area contributed by atoms with Gasteiger partial charge in [-0.05, 0) is 32.9 Å². The summed E-state index contributed by atoms with van der Waals surface area (Å²) in [7, 11) is -3.25. The van der Waals surface area contributed by atoms with E-state index in [1.54, 1.807) is 0 Å². The van der Waals surface area contributed by atoms with Gasteiger partial charge >= 0.3 is 9.05 Å². The topological polar surface area (TPSA) is 80.1 Å². The molecule has 0 saturated heterocycles. The number of nitro benzene ring substituents is 1. The molecule has 0 N–H and O–H groups in total. The highest BCUT2D eigenvalue weighted by atomic mass is 28.4. The van der Waals surface area contributed by atoms with E-state index < -0.39 is 14.0 Å². The van der Waals surface area contributed by atoms with E-state index in [2.05, 4.69) is 0 Å². The number of hydrogen-bond acceptors (Lipinski definition) is 6. The Hall–Kier alpha value is -1.48. The largest absolute Gasteiger partial charge is 0.749 e. The number of nitro groups is 1. The molecule has 1 aromatic carbocycles. The van der Waals surface area contributed by atoms with Gasteiger partial charge in [0.2, 0.25) is 0 Å². The maximum absolute atomic E-state index is 10.6. The molecule has 8 heteroatoms. The zero-order chi connectivity index (χ0) is 15.0. The maximum Gasteiger partial charge on any atom is 0.749 e. The van der Waals surface area contributed by atoms with Gasteiger partial charge in [0.05, 0.1) is 4.92 Å². The fourth-order valence-corrected chi connectivity index (χ4v) is 3.44. The Morgan fingerprint density at radius 2 is 1.45 bits per heavy atom. The summed E-state index contributed by atoms with van der Waals surface area (Å²) in [5.74, 6) is 0.414. The summed E-state index contributed by atoms with van der Waals surface area (Å²) in [5, 5.41) is 10.6. The third-order valence-electron chi connectivity index (χ3n) is 2.25. The van der Waals surface area contributed by atoms with E-state index in [1.807, 2.05) is 20.8 Å². The fraction of sp³-hybridized carbons (Fsp3) is 0.500. The molecule has 0 aliphatic carbocycles. The van der Waals surface area contributed by atoms with Crippen molar-refractivity contribution in [1.29, 1.82) is 0 Å². The van der Waals surface area contributed by atoms with Gasteiger partial charge in [-0.15, -0.1) is 0 Å². The first kappa shape index (κ1) is 16.6. The summed E-state index contributed by atoms with van der Waals surface area (Å²) < 4.78 is 22.3. The normalized spacial score (nSPS) is 11.3. The Labute approximate surface area is 119 Å². The molecule has 0 bridgehead atoms. The Bertz CT molecular complexity index is 407. The summed E-state index contributed by atoms with van der Waals surface area (Å²) in [6, 6.07) is 5.71. The minimum absolute atomic E-state index is 0.00570. The summed E-state index contributed by atoms with van der Waals surface area (Å²) in [4.78, 5) is 10.1. The van der Waals surface area contributed by atoms with Gasteiger partial charge in [-0.25, -0.2) is 0 Å². The first-order valence-corrected chi connectivity index (χ1v) is 8.05. The molecule has 1 rings (SSSR count). The predicted octanol–water partition coefficient (Wildman–Crippen LogP) is 2.52. The van der Waals surface area contributed by atoms with Crippen LogP contribution in [0.25, 0.3) is 0 Å². The van der Waals surface area contributed by atoms with Crippen LogP contribution in [0.2, 0.25) is 0 Å². The average Bonchev–Trinajstić information content (AvgIpc) is 2.40. The highest BCUT2D eigenvalue weighted by Crippen LogP contribution is 2.22. The standard InChI is InChI=1S/C12H19NO6Si/c1-4-16-20(17-5-2,18-6-3)19-12-9-7-11(8-10-12)13(14)15/h7-10H,4-6H2,1-3H3. The van der Waals surface area contributed by atoms with Crippen LogP contribution in [-0.2, 0) is 13.3 Å². The molecule has 0 amide bonds. The molecule has 0 unspecified atom stereocenters. The summed E-state index contributed by atoms with van der Waals surface area (Å²) in [5.41, 5.74) is -0.00570. The third kappa shape index (κ3) is 4.56. The van der Waals surface area contributed by atoms with Crippen LogP contribution >= 0.6 is 0 Å². The molecular weight excluding hydrogens is 282 g/mol. The van der Waals surface area contributed by atoms with Crippen LogP contribution < -0.4 is 4.43 Å². The fourth-order valence-electron chi connectivity index (χ4n) is 1.52. The average molecular weight is 301 g/mol. The molecule has 0 fully saturated rings. The molecule has 0 saturated carbocycles. The number of non-ortho nitro benzene ring substituents is 1. The lowest BCUT2D eigenvalue weighted by molar-refractivity contribution is -0.384. The summed E-state index contributed by atoms with van der Waals surface area (Å²) in [6.07, 6.45) is 0. The minimum atomic E-state index is -3.25. The maximum atomic E-state index is 10.6. The Morgan fingerprint density at radius 3 is 1.80 bits per heavy atom. The van der Waals surface area contributed by atoms with Gasteiger partial charge in [0.15, 0.2) is 0 Å². The van der Waals surface area contributed by atoms with Crippen molar-refractivity contribution in [3.63, 3.8) is 0 Å². The van der Waals surface area contributed by atoms with Crippen LogP contribution in [0.5, 0.6) is 5.75 Å². The molecule has 1 aromatic rings. The van der Waals surface area contributed by atoms with Gasteiger partial charge in [0, 0.05) is 32.0 Å². The summed E-state index contributed by atoms with van der Waals surface area (Å²) in [6.45, 7) is 6.62. The second-order valence-corrected chi connectivity index (χ2v) is 5.72. The second kappa shape index (κ2) is 7.95. The van der Waals surface area contributed by atoms with E-state index in [0.29, 0.717) is 25.6 Å². The molecule has 0 radical (unpaired) electrons. The van der Waals surface area contributed by atoms with Crippen LogP contribution in [0, 0.1) is 10.1 Å². The molecule has 0 aliphatic heterocycles. The van der Waals surface area contributed by atoms with Crippen LogP contribution in [0.3, 0.4) is 0 Å². The molecule has 0 spiro atoms. The number of benzene rings is 1. The van der Waals surface area contributed by atoms with Gasteiger partial charge in [-0.2, -0.15) is 0 Å². The lowest BCUT2D eigenvalue weighted by Crippen LogP contribution is -2.52. The van der Waals surface area contributed by atoms with Crippen molar-refractivity contribution in [3.05, 3.63) is 34.4 Å². The first-order valence-electron chi connectivity index (χ1n) is 6.42. The van der Waals surface area contributed by atoms with E-state index in [4.69, 9.17) is 17.7 Å². The Kier molecular flexibility index (Phi) is 6.59. The molecule has 20 heavy (non-hydrogen) atoms. The molecule has 0 aromatic heterocycles. The SMILES string of the molecule is CCO[Si](OCC)(OCC)Oc1ccc([N+](=O)[O-])cc1. The molecule has 0 aliphatic rings. The minimum Gasteiger partial charge on any atom is -0.480 e. The van der Waals surface area contributed by atoms with E-state index >= 15 is 0 Å². The first-order chi connectivity index (χ1) is 9.56. The van der Waals surface area contributed by atoms with Crippen molar-refractivity contribution in [3.8, 4) is 5.75 Å².